The van der Waals surface area contributed by atoms with Crippen molar-refractivity contribution >= 4 is 46.4 Å². The Morgan fingerprint density at radius 3 is 2.75 bits per heavy atom. The number of carbonyl (C=O) groups excluding carboxylic acids is 2. The molecule has 0 aliphatic carbocycles. The van der Waals surface area contributed by atoms with E-state index in [0.29, 0.717) is 33.5 Å². The molecular weight excluding hydrogens is 401 g/mol. The zero-order valence-corrected chi connectivity index (χ0v) is 16.6. The molecule has 0 bridgehead atoms. The van der Waals surface area contributed by atoms with E-state index in [9.17, 15) is 9.59 Å². The average Bonchev–Trinajstić information content (AvgIpc) is 3.20. The zero-order chi connectivity index (χ0) is 19.9. The topological polar surface area (TPSA) is 79.5 Å². The van der Waals surface area contributed by atoms with Crippen molar-refractivity contribution < 1.29 is 14.3 Å². The molecule has 2 aromatic rings. The number of hydrogen-bond acceptors (Lipinski definition) is 4. The lowest BCUT2D eigenvalue weighted by molar-refractivity contribution is -0.114. The van der Waals surface area contributed by atoms with Gasteiger partial charge in [-0.05, 0) is 49.2 Å². The van der Waals surface area contributed by atoms with Gasteiger partial charge in [-0.1, -0.05) is 29.3 Å². The van der Waals surface area contributed by atoms with Gasteiger partial charge in [0.2, 0.25) is 5.91 Å². The van der Waals surface area contributed by atoms with Gasteiger partial charge in [0.05, 0.1) is 23.4 Å². The Bertz CT molecular complexity index is 854. The molecule has 1 fully saturated rings. The van der Waals surface area contributed by atoms with Crippen LogP contribution in [0, 0.1) is 0 Å². The minimum absolute atomic E-state index is 0.0277. The summed E-state index contributed by atoms with van der Waals surface area (Å²) in [6.07, 6.45) is 2.09. The normalized spacial score (nSPS) is 15.9. The molecule has 148 valence electrons. The molecule has 1 aliphatic rings. The van der Waals surface area contributed by atoms with Crippen LogP contribution in [-0.2, 0) is 9.53 Å². The van der Waals surface area contributed by atoms with Crippen LogP contribution in [0.25, 0.3) is 0 Å². The summed E-state index contributed by atoms with van der Waals surface area (Å²) >= 11 is 11.9. The predicted octanol–water partition coefficient (Wildman–Crippen LogP) is 3.95. The minimum atomic E-state index is -0.266. The maximum atomic E-state index is 12.3. The Labute approximate surface area is 173 Å². The number of benzene rings is 2. The summed E-state index contributed by atoms with van der Waals surface area (Å²) in [7, 11) is 0. The van der Waals surface area contributed by atoms with Gasteiger partial charge in [-0.2, -0.15) is 0 Å². The van der Waals surface area contributed by atoms with E-state index in [1.165, 1.54) is 0 Å². The molecule has 0 aromatic heterocycles. The standard InChI is InChI=1S/C20H21Cl2N3O3/c21-14-6-7-18(17(22)10-14)25-19(26)12-23-15-4-1-3-13(9-15)20(27)24-11-16-5-2-8-28-16/h1,3-4,6-7,9-10,16,23H,2,5,8,11-12H2,(H,24,27)(H,25,26). The average molecular weight is 422 g/mol. The molecule has 6 nitrogen and oxygen atoms in total. The summed E-state index contributed by atoms with van der Waals surface area (Å²) in [5, 5.41) is 9.46. The molecule has 1 unspecified atom stereocenters. The van der Waals surface area contributed by atoms with Crippen molar-refractivity contribution in [2.75, 3.05) is 30.3 Å². The fraction of sp³-hybridized carbons (Fsp3) is 0.300. The summed E-state index contributed by atoms with van der Waals surface area (Å²) in [5.41, 5.74) is 1.67. The van der Waals surface area contributed by atoms with Crippen molar-refractivity contribution in [1.82, 2.24) is 5.32 Å². The van der Waals surface area contributed by atoms with E-state index in [-0.39, 0.29) is 24.5 Å². The van der Waals surface area contributed by atoms with E-state index in [1.54, 1.807) is 42.5 Å². The summed E-state index contributed by atoms with van der Waals surface area (Å²) < 4.78 is 5.50. The van der Waals surface area contributed by atoms with E-state index in [2.05, 4.69) is 16.0 Å². The van der Waals surface area contributed by atoms with Gasteiger partial charge in [0.1, 0.15) is 0 Å². The number of nitrogens with one attached hydrogen (secondary N) is 3. The first-order valence-corrected chi connectivity index (χ1v) is 9.75. The molecule has 2 aromatic carbocycles. The van der Waals surface area contributed by atoms with Gasteiger partial charge in [0, 0.05) is 29.4 Å². The Morgan fingerprint density at radius 1 is 1.14 bits per heavy atom. The smallest absolute Gasteiger partial charge is 0.251 e. The molecule has 8 heteroatoms. The number of hydrogen-bond donors (Lipinski definition) is 3. The first-order valence-electron chi connectivity index (χ1n) is 9.00. The summed E-state index contributed by atoms with van der Waals surface area (Å²) in [4.78, 5) is 24.4. The monoisotopic (exact) mass is 421 g/mol. The van der Waals surface area contributed by atoms with Crippen molar-refractivity contribution in [2.24, 2.45) is 0 Å². The predicted molar refractivity (Wildman–Crippen MR) is 111 cm³/mol. The Kier molecular flexibility index (Phi) is 7.14. The molecule has 2 amide bonds. The van der Waals surface area contributed by atoms with E-state index in [4.69, 9.17) is 27.9 Å². The highest BCUT2D eigenvalue weighted by atomic mass is 35.5. The Morgan fingerprint density at radius 2 is 2.00 bits per heavy atom. The second kappa shape index (κ2) is 9.78. The number of anilines is 2. The molecule has 28 heavy (non-hydrogen) atoms. The fourth-order valence-electron chi connectivity index (χ4n) is 2.85. The summed E-state index contributed by atoms with van der Waals surface area (Å²) in [6.45, 7) is 1.28. The maximum absolute atomic E-state index is 12.3. The number of amides is 2. The van der Waals surface area contributed by atoms with Gasteiger partial charge >= 0.3 is 0 Å². The third-order valence-corrected chi connectivity index (χ3v) is 4.85. The fourth-order valence-corrected chi connectivity index (χ4v) is 3.31. The minimum Gasteiger partial charge on any atom is -0.376 e. The molecule has 1 saturated heterocycles. The Hall–Kier alpha value is -2.28. The first kappa shape index (κ1) is 20.5. The SMILES string of the molecule is O=C(CNc1cccc(C(=O)NCC2CCCO2)c1)Nc1ccc(Cl)cc1Cl. The van der Waals surface area contributed by atoms with Crippen molar-refractivity contribution in [3.8, 4) is 0 Å². The van der Waals surface area contributed by atoms with Crippen LogP contribution in [-0.4, -0.2) is 37.6 Å². The molecule has 0 radical (unpaired) electrons. The molecule has 3 rings (SSSR count). The number of carbonyl (C=O) groups is 2. The number of ether oxygens (including phenoxy) is 1. The van der Waals surface area contributed by atoms with Gasteiger partial charge in [-0.25, -0.2) is 0 Å². The highest BCUT2D eigenvalue weighted by molar-refractivity contribution is 6.36. The third-order valence-electron chi connectivity index (χ3n) is 4.30. The van der Waals surface area contributed by atoms with Crippen LogP contribution in [0.3, 0.4) is 0 Å². The van der Waals surface area contributed by atoms with E-state index >= 15 is 0 Å². The van der Waals surface area contributed by atoms with Gasteiger partial charge < -0.3 is 20.7 Å². The van der Waals surface area contributed by atoms with Crippen LogP contribution >= 0.6 is 23.2 Å². The van der Waals surface area contributed by atoms with Crippen LogP contribution in [0.1, 0.15) is 23.2 Å². The largest absolute Gasteiger partial charge is 0.376 e. The molecule has 1 atom stereocenters. The van der Waals surface area contributed by atoms with Gasteiger partial charge in [0.15, 0.2) is 0 Å². The van der Waals surface area contributed by atoms with Crippen LogP contribution in [0.2, 0.25) is 10.0 Å². The van der Waals surface area contributed by atoms with E-state index in [1.807, 2.05) is 0 Å². The second-order valence-electron chi connectivity index (χ2n) is 6.45. The summed E-state index contributed by atoms with van der Waals surface area (Å²) in [5.74, 6) is -0.436. The van der Waals surface area contributed by atoms with E-state index < -0.39 is 0 Å². The molecule has 0 saturated carbocycles. The quantitative estimate of drug-likeness (QED) is 0.631. The molecule has 3 N–H and O–H groups in total. The van der Waals surface area contributed by atoms with Crippen molar-refractivity contribution in [3.63, 3.8) is 0 Å². The third kappa shape index (κ3) is 5.86. The highest BCUT2D eigenvalue weighted by Crippen LogP contribution is 2.25. The highest BCUT2D eigenvalue weighted by Gasteiger charge is 2.16. The van der Waals surface area contributed by atoms with Gasteiger partial charge in [-0.15, -0.1) is 0 Å². The number of rotatable bonds is 7. The van der Waals surface area contributed by atoms with Crippen molar-refractivity contribution in [3.05, 3.63) is 58.1 Å². The first-order chi connectivity index (χ1) is 13.5. The number of halogens is 2. The van der Waals surface area contributed by atoms with Gasteiger partial charge in [0.25, 0.3) is 5.91 Å². The zero-order valence-electron chi connectivity index (χ0n) is 15.1. The molecule has 0 spiro atoms. The molecule has 1 aliphatic heterocycles. The lowest BCUT2D eigenvalue weighted by Crippen LogP contribution is -2.31. The van der Waals surface area contributed by atoms with Crippen LogP contribution < -0.4 is 16.0 Å². The lowest BCUT2D eigenvalue weighted by Gasteiger charge is -2.12. The van der Waals surface area contributed by atoms with Crippen molar-refractivity contribution in [2.45, 2.75) is 18.9 Å². The second-order valence-corrected chi connectivity index (χ2v) is 7.30. The van der Waals surface area contributed by atoms with Crippen LogP contribution in [0.4, 0.5) is 11.4 Å². The van der Waals surface area contributed by atoms with Crippen LogP contribution in [0.5, 0.6) is 0 Å². The van der Waals surface area contributed by atoms with Crippen LogP contribution in [0.15, 0.2) is 42.5 Å². The molecular formula is C20H21Cl2N3O3. The Balaban J connectivity index is 1.50. The lowest BCUT2D eigenvalue weighted by atomic mass is 10.1. The molecule has 1 heterocycles. The maximum Gasteiger partial charge on any atom is 0.251 e. The van der Waals surface area contributed by atoms with Gasteiger partial charge in [-0.3, -0.25) is 9.59 Å². The summed E-state index contributed by atoms with van der Waals surface area (Å²) in [6, 6.07) is 11.8. The van der Waals surface area contributed by atoms with Crippen molar-refractivity contribution in [1.29, 1.82) is 0 Å². The van der Waals surface area contributed by atoms with E-state index in [0.717, 1.165) is 19.4 Å².